The summed E-state index contributed by atoms with van der Waals surface area (Å²) in [5.41, 5.74) is 4.84. The number of oxime groups is 1. The second-order valence-corrected chi connectivity index (χ2v) is 9.25. The summed E-state index contributed by atoms with van der Waals surface area (Å²) in [7, 11) is 0. The second kappa shape index (κ2) is 8.20. The van der Waals surface area contributed by atoms with E-state index in [1.807, 2.05) is 0 Å². The molecule has 1 saturated heterocycles. The third kappa shape index (κ3) is 3.84. The number of carboxylic acids is 1. The highest BCUT2D eigenvalue weighted by Crippen LogP contribution is 2.42. The van der Waals surface area contributed by atoms with Crippen LogP contribution in [0.25, 0.3) is 0 Å². The number of aryl methyl sites for hydroxylation is 1. The van der Waals surface area contributed by atoms with Gasteiger partial charge in [0, 0.05) is 16.4 Å². The predicted molar refractivity (Wildman–Crippen MR) is 110 cm³/mol. The number of aromatic nitrogens is 4. The molecule has 4 rings (SSSR count). The molecule has 0 saturated carbocycles. The Bertz CT molecular complexity index is 1140. The summed E-state index contributed by atoms with van der Waals surface area (Å²) in [6.45, 7) is 1.79. The number of fused-ring (bicyclic) bond motifs is 1. The molecule has 2 aromatic rings. The van der Waals surface area contributed by atoms with Crippen molar-refractivity contribution >= 4 is 63.5 Å². The van der Waals surface area contributed by atoms with Crippen LogP contribution in [0.1, 0.15) is 23.7 Å². The van der Waals surface area contributed by atoms with Gasteiger partial charge in [0.2, 0.25) is 16.7 Å². The molecule has 31 heavy (non-hydrogen) atoms. The van der Waals surface area contributed by atoms with Gasteiger partial charge in [0.15, 0.2) is 5.13 Å². The summed E-state index contributed by atoms with van der Waals surface area (Å²) in [6.07, 6.45) is 0.795. The van der Waals surface area contributed by atoms with Gasteiger partial charge in [-0.05, 0) is 31.3 Å². The van der Waals surface area contributed by atoms with E-state index in [-0.39, 0.29) is 16.7 Å². The number of anilines is 1. The highest BCUT2D eigenvalue weighted by Gasteiger charge is 2.54. The molecule has 2 aromatic heterocycles. The van der Waals surface area contributed by atoms with E-state index in [1.54, 1.807) is 6.92 Å². The Hall–Kier alpha value is -3.11. The first kappa shape index (κ1) is 21.1. The van der Waals surface area contributed by atoms with Gasteiger partial charge in [-0.3, -0.25) is 14.5 Å². The van der Waals surface area contributed by atoms with Crippen LogP contribution in [-0.4, -0.2) is 69.5 Å². The number of thioether (sulfide) groups is 1. The Labute approximate surface area is 186 Å². The summed E-state index contributed by atoms with van der Waals surface area (Å²) >= 11 is 3.13. The molecule has 1 unspecified atom stereocenters. The molecule has 16 heteroatoms. The number of hydrogen-bond donors (Lipinski definition) is 4. The fraction of sp³-hybridized carbons (Fsp3) is 0.333. The molecule has 0 radical (unpaired) electrons. The lowest BCUT2D eigenvalue weighted by molar-refractivity contribution is -0.155. The van der Waals surface area contributed by atoms with E-state index in [4.69, 9.17) is 10.9 Å². The molecule has 2 aliphatic heterocycles. The largest absolute Gasteiger partial charge is 0.477 e. The van der Waals surface area contributed by atoms with Crippen LogP contribution in [0.3, 0.4) is 0 Å². The van der Waals surface area contributed by atoms with Crippen LogP contribution in [0.15, 0.2) is 20.9 Å². The van der Waals surface area contributed by atoms with Crippen LogP contribution in [0.5, 0.6) is 0 Å². The highest BCUT2D eigenvalue weighted by molar-refractivity contribution is 8.03. The molecule has 1 fully saturated rings. The first-order valence-corrected chi connectivity index (χ1v) is 11.1. The minimum atomic E-state index is -1.25. The Morgan fingerprint density at radius 1 is 1.32 bits per heavy atom. The Morgan fingerprint density at radius 2 is 2.10 bits per heavy atom. The molecule has 0 aromatic carbocycles. The van der Waals surface area contributed by atoms with Crippen molar-refractivity contribution < 1.29 is 24.7 Å². The summed E-state index contributed by atoms with van der Waals surface area (Å²) in [5.74, 6) is -2.89. The van der Waals surface area contributed by atoms with Gasteiger partial charge in [-0.2, -0.15) is 13.7 Å². The number of nitrogens with zero attached hydrogens (tertiary/aromatic N) is 6. The number of amides is 2. The van der Waals surface area contributed by atoms with Gasteiger partial charge in [0.05, 0.1) is 6.04 Å². The number of aliphatic carboxylic acids is 1. The maximum absolute atomic E-state index is 12.7. The zero-order valence-electron chi connectivity index (χ0n) is 15.7. The smallest absolute Gasteiger partial charge is 0.353 e. The van der Waals surface area contributed by atoms with Gasteiger partial charge in [0.25, 0.3) is 11.8 Å². The van der Waals surface area contributed by atoms with Gasteiger partial charge in [-0.1, -0.05) is 16.9 Å². The van der Waals surface area contributed by atoms with Crippen molar-refractivity contribution in [3.63, 3.8) is 0 Å². The molecule has 4 heterocycles. The van der Waals surface area contributed by atoms with Crippen LogP contribution in [0.2, 0.25) is 0 Å². The summed E-state index contributed by atoms with van der Waals surface area (Å²) in [5, 5.41) is 25.5. The third-order valence-electron chi connectivity index (χ3n) is 4.57. The quantitative estimate of drug-likeness (QED) is 0.188. The molecule has 0 spiro atoms. The van der Waals surface area contributed by atoms with Crippen LogP contribution < -0.4 is 11.1 Å². The minimum absolute atomic E-state index is 0.0770. The summed E-state index contributed by atoms with van der Waals surface area (Å²) < 4.78 is 7.95. The van der Waals surface area contributed by atoms with E-state index < -0.39 is 35.6 Å². The molecule has 2 amide bonds. The zero-order chi connectivity index (χ0) is 22.3. The standard InChI is InChI=1S/C15H14N8O5S3/c1-4-17-15(22-30-4)29-6-3-2-5-7(12(25)23(5)9(6)13(26)27)18-11(24)8(20-28)10-19-14(16)31-21-10/h5,7,28H,2-3H2,1H3,(H,18,24)(H,26,27)(H2,16,19,21)/b20-8-/t5-,7?/m1/s1. The molecule has 2 aliphatic rings. The Kier molecular flexibility index (Phi) is 5.59. The van der Waals surface area contributed by atoms with Gasteiger partial charge < -0.3 is 21.4 Å². The average Bonchev–Trinajstić information content (AvgIpc) is 3.34. The minimum Gasteiger partial charge on any atom is -0.477 e. The lowest BCUT2D eigenvalue weighted by Gasteiger charge is -2.49. The van der Waals surface area contributed by atoms with Crippen LogP contribution >= 0.6 is 34.8 Å². The molecule has 2 atom stereocenters. The second-order valence-electron chi connectivity index (χ2n) is 6.45. The van der Waals surface area contributed by atoms with E-state index in [1.165, 1.54) is 11.5 Å². The monoisotopic (exact) mass is 482 g/mol. The van der Waals surface area contributed by atoms with Crippen molar-refractivity contribution in [3.05, 3.63) is 21.4 Å². The zero-order valence-corrected chi connectivity index (χ0v) is 18.1. The molecular formula is C15H14N8O5S3. The van der Waals surface area contributed by atoms with Gasteiger partial charge >= 0.3 is 5.97 Å². The molecule has 0 bridgehead atoms. The number of carbonyl (C=O) groups excluding carboxylic acids is 2. The molecular weight excluding hydrogens is 468 g/mol. The van der Waals surface area contributed by atoms with Gasteiger partial charge in [-0.15, -0.1) is 0 Å². The van der Waals surface area contributed by atoms with Crippen LogP contribution in [0, 0.1) is 6.92 Å². The number of allylic oxidation sites excluding steroid dienone is 1. The molecule has 13 nitrogen and oxygen atoms in total. The Morgan fingerprint density at radius 3 is 2.68 bits per heavy atom. The normalized spacial score (nSPS) is 21.0. The maximum atomic E-state index is 12.7. The fourth-order valence-corrected chi connectivity index (χ4v) is 5.33. The van der Waals surface area contributed by atoms with E-state index in [0.717, 1.165) is 33.2 Å². The van der Waals surface area contributed by atoms with Crippen LogP contribution in [0.4, 0.5) is 5.13 Å². The number of hydrogen-bond acceptors (Lipinski definition) is 13. The van der Waals surface area contributed by atoms with Crippen molar-refractivity contribution in [3.8, 4) is 0 Å². The SMILES string of the molecule is Cc1nc(SC2=C(C(=O)O)N3C(=O)C(NC(=O)/C(=N\O)c4nsc(N)n4)[C@H]3CC2)ns1. The van der Waals surface area contributed by atoms with Crippen molar-refractivity contribution in [1.29, 1.82) is 0 Å². The molecule has 162 valence electrons. The number of nitrogen functional groups attached to an aromatic ring is 1. The lowest BCUT2D eigenvalue weighted by atomic mass is 9.86. The number of nitrogens with two attached hydrogens (primary N) is 1. The number of carbonyl (C=O) groups is 3. The first-order valence-electron chi connectivity index (χ1n) is 8.70. The van der Waals surface area contributed by atoms with Gasteiger partial charge in [0.1, 0.15) is 16.7 Å². The van der Waals surface area contributed by atoms with Gasteiger partial charge in [-0.25, -0.2) is 9.78 Å². The maximum Gasteiger partial charge on any atom is 0.353 e. The third-order valence-corrected chi connectivity index (χ3v) is 6.86. The lowest BCUT2D eigenvalue weighted by Crippen LogP contribution is -2.72. The van der Waals surface area contributed by atoms with E-state index in [2.05, 4.69) is 29.2 Å². The summed E-state index contributed by atoms with van der Waals surface area (Å²) in [4.78, 5) is 46.7. The number of nitrogens with one attached hydrogen (secondary N) is 1. The summed E-state index contributed by atoms with van der Waals surface area (Å²) in [6, 6.07) is -1.52. The predicted octanol–water partition coefficient (Wildman–Crippen LogP) is 0.0364. The Balaban J connectivity index is 1.52. The van der Waals surface area contributed by atoms with Crippen molar-refractivity contribution in [2.24, 2.45) is 5.16 Å². The number of rotatable bonds is 6. The van der Waals surface area contributed by atoms with E-state index in [0.29, 0.717) is 22.9 Å². The highest BCUT2D eigenvalue weighted by atomic mass is 32.2. The van der Waals surface area contributed by atoms with Crippen molar-refractivity contribution in [2.75, 3.05) is 5.73 Å². The van der Waals surface area contributed by atoms with Crippen molar-refractivity contribution in [2.45, 2.75) is 37.0 Å². The first-order chi connectivity index (χ1) is 14.8. The topological polar surface area (TPSA) is 197 Å². The fourth-order valence-electron chi connectivity index (χ4n) is 3.29. The van der Waals surface area contributed by atoms with Crippen molar-refractivity contribution in [1.82, 2.24) is 28.9 Å². The van der Waals surface area contributed by atoms with Crippen LogP contribution in [-0.2, 0) is 14.4 Å². The van der Waals surface area contributed by atoms with E-state index >= 15 is 0 Å². The molecule has 5 N–H and O–H groups in total. The number of β-lactam (4-membered cyclic amide) rings is 1. The van der Waals surface area contributed by atoms with E-state index in [9.17, 15) is 19.5 Å². The number of carboxylic acid groups (broad SMARTS) is 1. The average molecular weight is 483 g/mol. The molecule has 0 aliphatic carbocycles.